The van der Waals surface area contributed by atoms with Crippen LogP contribution in [0.4, 0.5) is 0 Å². The van der Waals surface area contributed by atoms with E-state index in [9.17, 15) is 13.2 Å². The Labute approximate surface area is 157 Å². The number of hydrogen-bond donors (Lipinski definition) is 1. The van der Waals surface area contributed by atoms with Gasteiger partial charge in [0, 0.05) is 7.05 Å². The predicted octanol–water partition coefficient (Wildman–Crippen LogP) is 3.40. The third kappa shape index (κ3) is 4.95. The number of nitrogens with zero attached hydrogens (tertiary/aromatic N) is 1. The molecule has 134 valence electrons. The van der Waals surface area contributed by atoms with E-state index in [1.54, 1.807) is 42.3 Å². The van der Waals surface area contributed by atoms with Gasteiger partial charge in [-0.15, -0.1) is 0 Å². The maximum absolute atomic E-state index is 12.5. The smallest absolute Gasteiger partial charge is 0.238 e. The summed E-state index contributed by atoms with van der Waals surface area (Å²) in [6, 6.07) is 11.0. The van der Waals surface area contributed by atoms with Gasteiger partial charge in [0.1, 0.15) is 0 Å². The first-order valence-electron chi connectivity index (χ1n) is 7.42. The Hall–Kier alpha value is -1.60. The van der Waals surface area contributed by atoms with Gasteiger partial charge in [0.05, 0.1) is 27.4 Å². The summed E-state index contributed by atoms with van der Waals surface area (Å²) in [5.41, 5.74) is 1.42. The van der Waals surface area contributed by atoms with Crippen LogP contribution in [0.3, 0.4) is 0 Å². The zero-order valence-corrected chi connectivity index (χ0v) is 16.1. The molecular formula is C17H18Cl2N2O3S. The largest absolute Gasteiger partial charge is 0.339 e. The Morgan fingerprint density at radius 2 is 1.84 bits per heavy atom. The molecule has 0 spiro atoms. The molecule has 1 atom stereocenters. The van der Waals surface area contributed by atoms with Gasteiger partial charge in [0.25, 0.3) is 0 Å². The maximum Gasteiger partial charge on any atom is 0.238 e. The van der Waals surface area contributed by atoms with Crippen molar-refractivity contribution < 1.29 is 13.2 Å². The quantitative estimate of drug-likeness (QED) is 0.834. The summed E-state index contributed by atoms with van der Waals surface area (Å²) >= 11 is 11.8. The number of sulfonamides is 1. The predicted molar refractivity (Wildman–Crippen MR) is 99.2 cm³/mol. The van der Waals surface area contributed by atoms with Crippen LogP contribution in [-0.2, 0) is 21.2 Å². The molecule has 2 N–H and O–H groups in total. The van der Waals surface area contributed by atoms with Gasteiger partial charge in [-0.2, -0.15) is 0 Å². The van der Waals surface area contributed by atoms with Crippen LogP contribution >= 0.6 is 23.2 Å². The highest BCUT2D eigenvalue weighted by atomic mass is 35.5. The molecule has 0 fully saturated rings. The van der Waals surface area contributed by atoms with Crippen LogP contribution in [0, 0.1) is 0 Å². The number of benzene rings is 2. The van der Waals surface area contributed by atoms with E-state index < -0.39 is 10.0 Å². The van der Waals surface area contributed by atoms with Gasteiger partial charge >= 0.3 is 0 Å². The number of halogens is 2. The minimum Gasteiger partial charge on any atom is -0.339 e. The van der Waals surface area contributed by atoms with Crippen LogP contribution in [0.2, 0.25) is 10.0 Å². The van der Waals surface area contributed by atoms with Crippen molar-refractivity contribution >= 4 is 39.1 Å². The van der Waals surface area contributed by atoms with Crippen molar-refractivity contribution in [3.05, 3.63) is 63.6 Å². The van der Waals surface area contributed by atoms with Crippen LogP contribution in [-0.4, -0.2) is 26.3 Å². The molecule has 5 nitrogen and oxygen atoms in total. The summed E-state index contributed by atoms with van der Waals surface area (Å²) in [7, 11) is -2.13. The highest BCUT2D eigenvalue weighted by Crippen LogP contribution is 2.25. The molecule has 0 radical (unpaired) electrons. The average Bonchev–Trinajstić information content (AvgIpc) is 2.56. The SMILES string of the molecule is CC(c1cccc(S(N)(=O)=O)c1)N(C)C(=O)Cc1ccc(Cl)c(Cl)c1. The van der Waals surface area contributed by atoms with Crippen molar-refractivity contribution in [2.45, 2.75) is 24.3 Å². The van der Waals surface area contributed by atoms with Crippen molar-refractivity contribution in [2.24, 2.45) is 5.14 Å². The number of hydrogen-bond acceptors (Lipinski definition) is 3. The molecular weight excluding hydrogens is 383 g/mol. The van der Waals surface area contributed by atoms with Crippen LogP contribution in [0.25, 0.3) is 0 Å². The molecule has 0 bridgehead atoms. The summed E-state index contributed by atoms with van der Waals surface area (Å²) in [5.74, 6) is -0.133. The average molecular weight is 401 g/mol. The minimum atomic E-state index is -3.79. The molecule has 1 amide bonds. The lowest BCUT2D eigenvalue weighted by atomic mass is 10.1. The zero-order chi connectivity index (χ0) is 18.8. The van der Waals surface area contributed by atoms with Crippen molar-refractivity contribution in [1.29, 1.82) is 0 Å². The fraction of sp³-hybridized carbons (Fsp3) is 0.235. The lowest BCUT2D eigenvalue weighted by molar-refractivity contribution is -0.131. The normalized spacial score (nSPS) is 12.7. The van der Waals surface area contributed by atoms with E-state index in [1.165, 1.54) is 12.1 Å². The molecule has 2 aromatic carbocycles. The third-order valence-electron chi connectivity index (χ3n) is 3.98. The Morgan fingerprint density at radius 1 is 1.16 bits per heavy atom. The molecule has 0 aliphatic carbocycles. The molecule has 2 rings (SSSR count). The van der Waals surface area contributed by atoms with E-state index in [-0.39, 0.29) is 23.3 Å². The molecule has 0 heterocycles. The standard InChI is InChI=1S/C17H18Cl2N2O3S/c1-11(13-4-3-5-14(10-13)25(20,23)24)21(2)17(22)9-12-6-7-15(18)16(19)8-12/h3-8,10-11H,9H2,1-2H3,(H2,20,23,24). The molecule has 0 aromatic heterocycles. The van der Waals surface area contributed by atoms with Crippen LogP contribution in [0.15, 0.2) is 47.4 Å². The summed E-state index contributed by atoms with van der Waals surface area (Å²) in [4.78, 5) is 14.1. The lowest BCUT2D eigenvalue weighted by Gasteiger charge is -2.26. The van der Waals surface area contributed by atoms with E-state index in [2.05, 4.69) is 0 Å². The summed E-state index contributed by atoms with van der Waals surface area (Å²) in [5, 5.41) is 5.98. The molecule has 25 heavy (non-hydrogen) atoms. The number of likely N-dealkylation sites (N-methyl/N-ethyl adjacent to an activating group) is 1. The Balaban J connectivity index is 2.17. The highest BCUT2D eigenvalue weighted by molar-refractivity contribution is 7.89. The van der Waals surface area contributed by atoms with Gasteiger partial charge < -0.3 is 4.90 Å². The number of nitrogens with two attached hydrogens (primary N) is 1. The van der Waals surface area contributed by atoms with Gasteiger partial charge in [-0.25, -0.2) is 13.6 Å². The Morgan fingerprint density at radius 3 is 2.44 bits per heavy atom. The van der Waals surface area contributed by atoms with Crippen molar-refractivity contribution in [3.8, 4) is 0 Å². The molecule has 0 saturated heterocycles. The van der Waals surface area contributed by atoms with Crippen LogP contribution in [0.1, 0.15) is 24.1 Å². The van der Waals surface area contributed by atoms with Gasteiger partial charge in [0.15, 0.2) is 0 Å². The molecule has 0 aliphatic heterocycles. The number of carbonyl (C=O) groups excluding carboxylic acids is 1. The molecule has 0 aliphatic rings. The monoisotopic (exact) mass is 400 g/mol. The molecule has 2 aromatic rings. The Kier molecular flexibility index (Phi) is 6.11. The van der Waals surface area contributed by atoms with E-state index >= 15 is 0 Å². The van der Waals surface area contributed by atoms with Gasteiger partial charge in [0.2, 0.25) is 15.9 Å². The second kappa shape index (κ2) is 7.74. The van der Waals surface area contributed by atoms with E-state index in [0.717, 1.165) is 5.56 Å². The number of amides is 1. The van der Waals surface area contributed by atoms with Crippen molar-refractivity contribution in [2.75, 3.05) is 7.05 Å². The molecule has 8 heteroatoms. The molecule has 0 saturated carbocycles. The second-order valence-electron chi connectivity index (χ2n) is 5.72. The number of carbonyl (C=O) groups is 1. The highest BCUT2D eigenvalue weighted by Gasteiger charge is 2.19. The Bertz CT molecular complexity index is 901. The minimum absolute atomic E-state index is 0.0159. The van der Waals surface area contributed by atoms with Crippen LogP contribution in [0.5, 0.6) is 0 Å². The fourth-order valence-corrected chi connectivity index (χ4v) is 3.23. The maximum atomic E-state index is 12.5. The van der Waals surface area contributed by atoms with Gasteiger partial charge in [-0.3, -0.25) is 4.79 Å². The van der Waals surface area contributed by atoms with E-state index in [1.807, 2.05) is 6.92 Å². The lowest BCUT2D eigenvalue weighted by Crippen LogP contribution is -2.31. The van der Waals surface area contributed by atoms with Crippen molar-refractivity contribution in [1.82, 2.24) is 4.90 Å². The molecule has 1 unspecified atom stereocenters. The number of rotatable bonds is 5. The topological polar surface area (TPSA) is 80.5 Å². The zero-order valence-electron chi connectivity index (χ0n) is 13.7. The van der Waals surface area contributed by atoms with Crippen molar-refractivity contribution in [3.63, 3.8) is 0 Å². The summed E-state index contributed by atoms with van der Waals surface area (Å²) < 4.78 is 23.0. The van der Waals surface area contributed by atoms with Crippen LogP contribution < -0.4 is 5.14 Å². The third-order valence-corrected chi connectivity index (χ3v) is 5.63. The summed E-state index contributed by atoms with van der Waals surface area (Å²) in [6.45, 7) is 1.81. The van der Waals surface area contributed by atoms with E-state index in [4.69, 9.17) is 28.3 Å². The first-order valence-corrected chi connectivity index (χ1v) is 9.72. The first-order chi connectivity index (χ1) is 11.6. The van der Waals surface area contributed by atoms with Gasteiger partial charge in [-0.05, 0) is 42.3 Å². The van der Waals surface area contributed by atoms with E-state index in [0.29, 0.717) is 15.6 Å². The number of primary sulfonamides is 1. The summed E-state index contributed by atoms with van der Waals surface area (Å²) in [6.07, 6.45) is 0.159. The fourth-order valence-electron chi connectivity index (χ4n) is 2.34. The second-order valence-corrected chi connectivity index (χ2v) is 8.10. The van der Waals surface area contributed by atoms with Gasteiger partial charge in [-0.1, -0.05) is 41.4 Å². The first kappa shape index (κ1) is 19.7.